The van der Waals surface area contributed by atoms with Gasteiger partial charge in [-0.05, 0) is 51.4 Å². The van der Waals surface area contributed by atoms with Crippen molar-refractivity contribution in [2.45, 2.75) is 57.7 Å². The number of amides is 3. The molecule has 1 aromatic rings. The number of hydrogen-bond acceptors (Lipinski definition) is 8. The van der Waals surface area contributed by atoms with Crippen molar-refractivity contribution < 1.29 is 23.9 Å². The number of nitrogens with one attached hydrogen (secondary N) is 3. The highest BCUT2D eigenvalue weighted by atomic mass is 16.5. The van der Waals surface area contributed by atoms with Crippen LogP contribution in [0.2, 0.25) is 0 Å². The van der Waals surface area contributed by atoms with E-state index in [0.29, 0.717) is 37.4 Å². The van der Waals surface area contributed by atoms with Crippen molar-refractivity contribution in [2.24, 2.45) is 0 Å². The third-order valence-electron chi connectivity index (χ3n) is 6.82. The Morgan fingerprint density at radius 1 is 1.18 bits per heavy atom. The molecule has 1 aromatic carbocycles. The molecule has 214 valence electrons. The number of ether oxygens (including phenoxy) is 1. The van der Waals surface area contributed by atoms with E-state index in [-0.39, 0.29) is 18.4 Å². The average molecular weight is 542 g/mol. The number of benzene rings is 1. The van der Waals surface area contributed by atoms with Gasteiger partial charge in [0.25, 0.3) is 0 Å². The largest absolute Gasteiger partial charge is 0.381 e. The van der Waals surface area contributed by atoms with E-state index in [1.165, 1.54) is 0 Å². The van der Waals surface area contributed by atoms with Gasteiger partial charge in [0, 0.05) is 75.9 Å². The summed E-state index contributed by atoms with van der Waals surface area (Å²) in [7, 11) is 1.95. The van der Waals surface area contributed by atoms with Gasteiger partial charge in [0.2, 0.25) is 18.7 Å². The van der Waals surface area contributed by atoms with E-state index in [2.05, 4.69) is 37.6 Å². The third kappa shape index (κ3) is 12.5. The standard InChI is InChI=1S/C29H43N5O5/c1-24(11-12-29(38)32-23-37)33(2)20-28-25(9-5-10-26(28)21-35)8-3-4-13-30-14-6-16-39-17-7-15-34-18-27(19-34)31-22-36/h5,9-10,21-24,27,30H,4,6-7,11-20H2,1-2H3,(H,31,36)(H,32,37,38). The minimum atomic E-state index is -0.298. The average Bonchev–Trinajstić information content (AvgIpc) is 2.91. The first-order chi connectivity index (χ1) is 19.0. The summed E-state index contributed by atoms with van der Waals surface area (Å²) in [5, 5.41) is 8.33. The lowest BCUT2D eigenvalue weighted by Crippen LogP contribution is -2.57. The monoisotopic (exact) mass is 541 g/mol. The van der Waals surface area contributed by atoms with E-state index in [0.717, 1.165) is 82.6 Å². The zero-order valence-corrected chi connectivity index (χ0v) is 23.2. The van der Waals surface area contributed by atoms with Gasteiger partial charge in [0.05, 0.1) is 6.04 Å². The Kier molecular flexibility index (Phi) is 15.7. The molecule has 10 heteroatoms. The lowest BCUT2D eigenvalue weighted by molar-refractivity contribution is -0.125. The highest BCUT2D eigenvalue weighted by Crippen LogP contribution is 2.17. The van der Waals surface area contributed by atoms with Gasteiger partial charge >= 0.3 is 0 Å². The fourth-order valence-electron chi connectivity index (χ4n) is 4.29. The molecule has 0 saturated carbocycles. The number of likely N-dealkylation sites (tertiary alicyclic amines) is 1. The van der Waals surface area contributed by atoms with Gasteiger partial charge in [-0.3, -0.25) is 34.3 Å². The first-order valence-corrected chi connectivity index (χ1v) is 13.7. The van der Waals surface area contributed by atoms with Gasteiger partial charge in [-0.25, -0.2) is 0 Å². The van der Waals surface area contributed by atoms with Gasteiger partial charge in [-0.15, -0.1) is 0 Å². The highest BCUT2D eigenvalue weighted by molar-refractivity contribution is 5.85. The molecule has 2 rings (SSSR count). The molecule has 0 bridgehead atoms. The minimum Gasteiger partial charge on any atom is -0.381 e. The van der Waals surface area contributed by atoms with Crippen molar-refractivity contribution in [2.75, 3.05) is 53.0 Å². The van der Waals surface area contributed by atoms with E-state index < -0.39 is 0 Å². The van der Waals surface area contributed by atoms with E-state index in [1.807, 2.05) is 26.1 Å². The summed E-state index contributed by atoms with van der Waals surface area (Å²) in [5.41, 5.74) is 2.32. The zero-order valence-electron chi connectivity index (χ0n) is 23.2. The summed E-state index contributed by atoms with van der Waals surface area (Å²) >= 11 is 0. The van der Waals surface area contributed by atoms with Crippen LogP contribution in [-0.2, 0) is 25.7 Å². The van der Waals surface area contributed by atoms with Crippen LogP contribution in [0.5, 0.6) is 0 Å². The van der Waals surface area contributed by atoms with Crippen LogP contribution in [0.4, 0.5) is 0 Å². The van der Waals surface area contributed by atoms with Crippen molar-refractivity contribution in [1.82, 2.24) is 25.8 Å². The number of carbonyl (C=O) groups is 4. The predicted molar refractivity (Wildman–Crippen MR) is 150 cm³/mol. The molecule has 1 atom stereocenters. The maximum absolute atomic E-state index is 11.7. The number of aldehydes is 1. The number of imide groups is 1. The van der Waals surface area contributed by atoms with Gasteiger partial charge in [-0.2, -0.15) is 0 Å². The van der Waals surface area contributed by atoms with Crippen LogP contribution in [-0.4, -0.2) is 99.9 Å². The molecule has 1 heterocycles. The molecule has 0 aliphatic carbocycles. The fourth-order valence-corrected chi connectivity index (χ4v) is 4.29. The van der Waals surface area contributed by atoms with Crippen molar-refractivity contribution in [3.05, 3.63) is 34.9 Å². The molecule has 1 aliphatic heterocycles. The fraction of sp³-hybridized carbons (Fsp3) is 0.586. The second-order valence-electron chi connectivity index (χ2n) is 9.84. The second kappa shape index (κ2) is 19.0. The molecule has 1 saturated heterocycles. The molecular weight excluding hydrogens is 498 g/mol. The molecule has 1 unspecified atom stereocenters. The van der Waals surface area contributed by atoms with Crippen LogP contribution >= 0.6 is 0 Å². The van der Waals surface area contributed by atoms with Crippen LogP contribution in [0.1, 0.15) is 60.5 Å². The number of nitrogens with zero attached hydrogens (tertiary/aromatic N) is 2. The first kappa shape index (κ1) is 32.1. The molecule has 0 aromatic heterocycles. The molecule has 39 heavy (non-hydrogen) atoms. The molecule has 1 aliphatic rings. The van der Waals surface area contributed by atoms with Crippen LogP contribution in [0.3, 0.4) is 0 Å². The van der Waals surface area contributed by atoms with Crippen molar-refractivity contribution in [3.8, 4) is 11.8 Å². The summed E-state index contributed by atoms with van der Waals surface area (Å²) in [6, 6.07) is 5.95. The van der Waals surface area contributed by atoms with E-state index in [1.54, 1.807) is 6.07 Å². The molecule has 1 fully saturated rings. The Morgan fingerprint density at radius 2 is 1.97 bits per heavy atom. The molecule has 10 nitrogen and oxygen atoms in total. The van der Waals surface area contributed by atoms with E-state index in [9.17, 15) is 19.2 Å². The SMILES string of the molecule is CC(CCC(=O)NC=O)N(C)Cc1c(C#CCCNCCCOCCCN2CC(NC=O)C2)cccc1C=O. The van der Waals surface area contributed by atoms with Crippen molar-refractivity contribution in [1.29, 1.82) is 0 Å². The lowest BCUT2D eigenvalue weighted by Gasteiger charge is -2.38. The normalized spacial score (nSPS) is 14.1. The Bertz CT molecular complexity index is 971. The maximum atomic E-state index is 11.7. The first-order valence-electron chi connectivity index (χ1n) is 13.7. The molecule has 3 amide bonds. The summed E-state index contributed by atoms with van der Waals surface area (Å²) in [5.74, 6) is 6.14. The van der Waals surface area contributed by atoms with Gasteiger partial charge in [0.15, 0.2) is 0 Å². The Morgan fingerprint density at radius 3 is 2.72 bits per heavy atom. The van der Waals surface area contributed by atoms with Crippen molar-refractivity contribution in [3.63, 3.8) is 0 Å². The number of hydrogen-bond donors (Lipinski definition) is 3. The van der Waals surface area contributed by atoms with Crippen LogP contribution < -0.4 is 16.0 Å². The second-order valence-corrected chi connectivity index (χ2v) is 9.84. The van der Waals surface area contributed by atoms with E-state index in [4.69, 9.17) is 4.74 Å². The Hall–Kier alpha value is -3.10. The third-order valence-corrected chi connectivity index (χ3v) is 6.82. The molecule has 0 spiro atoms. The highest BCUT2D eigenvalue weighted by Gasteiger charge is 2.24. The molecule has 3 N–H and O–H groups in total. The summed E-state index contributed by atoms with van der Waals surface area (Å²) in [4.78, 5) is 48.4. The molecule has 0 radical (unpaired) electrons. The minimum absolute atomic E-state index is 0.0798. The lowest BCUT2D eigenvalue weighted by atomic mass is 10.00. The van der Waals surface area contributed by atoms with Gasteiger partial charge in [-0.1, -0.05) is 24.0 Å². The van der Waals surface area contributed by atoms with E-state index >= 15 is 0 Å². The molecular formula is C29H43N5O5. The van der Waals surface area contributed by atoms with Crippen molar-refractivity contribution >= 4 is 25.0 Å². The number of carbonyl (C=O) groups excluding carboxylic acids is 4. The number of rotatable bonds is 20. The Labute approximate surface area is 232 Å². The summed E-state index contributed by atoms with van der Waals surface area (Å²) in [6.07, 6.45) is 5.51. The van der Waals surface area contributed by atoms with Gasteiger partial charge < -0.3 is 15.4 Å². The smallest absolute Gasteiger partial charge is 0.226 e. The maximum Gasteiger partial charge on any atom is 0.226 e. The Balaban J connectivity index is 1.64. The topological polar surface area (TPSA) is 120 Å². The van der Waals surface area contributed by atoms with Crippen LogP contribution in [0, 0.1) is 11.8 Å². The van der Waals surface area contributed by atoms with Crippen LogP contribution in [0.15, 0.2) is 18.2 Å². The quantitative estimate of drug-likeness (QED) is 0.127. The zero-order chi connectivity index (χ0) is 28.3. The summed E-state index contributed by atoms with van der Waals surface area (Å²) in [6.45, 7) is 8.52. The van der Waals surface area contributed by atoms with Gasteiger partial charge in [0.1, 0.15) is 6.29 Å². The van der Waals surface area contributed by atoms with Crippen LogP contribution in [0.25, 0.3) is 0 Å². The predicted octanol–water partition coefficient (Wildman–Crippen LogP) is 0.930. The summed E-state index contributed by atoms with van der Waals surface area (Å²) < 4.78 is 5.70.